The summed E-state index contributed by atoms with van der Waals surface area (Å²) < 4.78 is 0. The first kappa shape index (κ1) is 15.5. The van der Waals surface area contributed by atoms with Crippen molar-refractivity contribution in [2.24, 2.45) is 10.2 Å². The lowest BCUT2D eigenvalue weighted by Gasteiger charge is -2.03. The number of thiophene rings is 1. The van der Waals surface area contributed by atoms with Crippen LogP contribution >= 0.6 is 11.3 Å². The minimum absolute atomic E-state index is 0.598. The van der Waals surface area contributed by atoms with Gasteiger partial charge in [0.05, 0.1) is 29.4 Å². The van der Waals surface area contributed by atoms with Crippen molar-refractivity contribution < 1.29 is 0 Å². The van der Waals surface area contributed by atoms with Crippen molar-refractivity contribution in [1.29, 1.82) is 0 Å². The zero-order valence-corrected chi connectivity index (χ0v) is 14.3. The normalized spacial score (nSPS) is 12.2. The van der Waals surface area contributed by atoms with Crippen LogP contribution in [-0.2, 0) is 6.42 Å². The molecule has 4 aromatic rings. The second-order valence-electron chi connectivity index (χ2n) is 5.55. The Morgan fingerprint density at radius 1 is 1.00 bits per heavy atom. The second-order valence-corrected chi connectivity index (χ2v) is 6.53. The van der Waals surface area contributed by atoms with Gasteiger partial charge in [-0.25, -0.2) is 4.98 Å². The molecular weight excluding hydrogens is 328 g/mol. The molecule has 5 heteroatoms. The molecule has 2 heterocycles. The van der Waals surface area contributed by atoms with Crippen molar-refractivity contribution in [3.63, 3.8) is 0 Å². The van der Waals surface area contributed by atoms with Crippen molar-refractivity contribution >= 4 is 34.3 Å². The molecular formula is C20H16N4S. The molecule has 0 aliphatic carbocycles. The Labute approximate surface area is 149 Å². The molecule has 0 bridgehead atoms. The third kappa shape index (κ3) is 3.72. The molecule has 25 heavy (non-hydrogen) atoms. The Kier molecular flexibility index (Phi) is 4.48. The summed E-state index contributed by atoms with van der Waals surface area (Å²) in [5, 5.41) is 10.8. The van der Waals surface area contributed by atoms with Gasteiger partial charge in [-0.2, -0.15) is 10.2 Å². The van der Waals surface area contributed by atoms with Crippen LogP contribution in [-0.4, -0.2) is 21.9 Å². The highest BCUT2D eigenvalue weighted by Crippen LogP contribution is 2.13. The number of imidazole rings is 1. The van der Waals surface area contributed by atoms with Gasteiger partial charge in [0.2, 0.25) is 0 Å². The van der Waals surface area contributed by atoms with Crippen LogP contribution in [0.25, 0.3) is 11.0 Å². The molecule has 0 amide bonds. The molecule has 0 atom stereocenters. The van der Waals surface area contributed by atoms with Crippen molar-refractivity contribution in [2.75, 3.05) is 0 Å². The standard InChI is InChI=1S/C20H16N4S/c1-2-7-15(8-3-1)19(24-21-14-16-9-6-12-25-16)13-20-22-17-10-4-5-11-18(17)23-20/h1-12,14H,13H2,(H,22,23). The molecule has 0 spiro atoms. The number of fused-ring (bicyclic) bond motifs is 1. The quantitative estimate of drug-likeness (QED) is 0.414. The maximum Gasteiger partial charge on any atom is 0.113 e. The third-order valence-corrected chi connectivity index (χ3v) is 4.59. The summed E-state index contributed by atoms with van der Waals surface area (Å²) >= 11 is 1.64. The topological polar surface area (TPSA) is 53.4 Å². The zero-order valence-electron chi connectivity index (χ0n) is 13.5. The van der Waals surface area contributed by atoms with Crippen LogP contribution in [0.3, 0.4) is 0 Å². The molecule has 2 aromatic carbocycles. The molecule has 122 valence electrons. The average Bonchev–Trinajstić information content (AvgIpc) is 3.30. The van der Waals surface area contributed by atoms with Crippen LogP contribution < -0.4 is 0 Å². The molecule has 4 rings (SSSR count). The summed E-state index contributed by atoms with van der Waals surface area (Å²) in [6.07, 6.45) is 2.38. The summed E-state index contributed by atoms with van der Waals surface area (Å²) in [6.45, 7) is 0. The summed E-state index contributed by atoms with van der Waals surface area (Å²) in [6, 6.07) is 22.1. The lowest BCUT2D eigenvalue weighted by molar-refractivity contribution is 1.08. The van der Waals surface area contributed by atoms with Crippen LogP contribution in [0.5, 0.6) is 0 Å². The van der Waals surface area contributed by atoms with E-state index in [-0.39, 0.29) is 0 Å². The Hall–Kier alpha value is -3.05. The lowest BCUT2D eigenvalue weighted by atomic mass is 10.1. The largest absolute Gasteiger partial charge is 0.342 e. The van der Waals surface area contributed by atoms with E-state index in [2.05, 4.69) is 20.2 Å². The second kappa shape index (κ2) is 7.23. The van der Waals surface area contributed by atoms with E-state index in [4.69, 9.17) is 0 Å². The van der Waals surface area contributed by atoms with E-state index in [0.29, 0.717) is 6.42 Å². The number of hydrogen-bond acceptors (Lipinski definition) is 4. The number of aromatic amines is 1. The molecule has 0 aliphatic rings. The number of aromatic nitrogens is 2. The van der Waals surface area contributed by atoms with Gasteiger partial charge in [0.1, 0.15) is 5.82 Å². The van der Waals surface area contributed by atoms with E-state index >= 15 is 0 Å². The van der Waals surface area contributed by atoms with Crippen molar-refractivity contribution in [3.05, 3.63) is 88.4 Å². The Bertz CT molecular complexity index is 981. The van der Waals surface area contributed by atoms with Crippen molar-refractivity contribution in [3.8, 4) is 0 Å². The van der Waals surface area contributed by atoms with E-state index in [9.17, 15) is 0 Å². The van der Waals surface area contributed by atoms with E-state index < -0.39 is 0 Å². The first-order valence-corrected chi connectivity index (χ1v) is 8.89. The molecule has 1 N–H and O–H groups in total. The van der Waals surface area contributed by atoms with Crippen LogP contribution in [0.4, 0.5) is 0 Å². The molecule has 0 unspecified atom stereocenters. The van der Waals surface area contributed by atoms with E-state index in [0.717, 1.165) is 33.0 Å². The van der Waals surface area contributed by atoms with E-state index in [1.807, 2.05) is 72.1 Å². The van der Waals surface area contributed by atoms with E-state index in [1.165, 1.54) is 0 Å². The van der Waals surface area contributed by atoms with Gasteiger partial charge in [0, 0.05) is 4.88 Å². The van der Waals surface area contributed by atoms with Crippen LogP contribution in [0.2, 0.25) is 0 Å². The van der Waals surface area contributed by atoms with Crippen LogP contribution in [0, 0.1) is 0 Å². The summed E-state index contributed by atoms with van der Waals surface area (Å²) in [4.78, 5) is 9.09. The van der Waals surface area contributed by atoms with E-state index in [1.54, 1.807) is 17.6 Å². The van der Waals surface area contributed by atoms with Gasteiger partial charge in [-0.15, -0.1) is 11.3 Å². The predicted octanol–water partition coefficient (Wildman–Crippen LogP) is 4.69. The Balaban J connectivity index is 1.65. The minimum atomic E-state index is 0.598. The fourth-order valence-electron chi connectivity index (χ4n) is 2.59. The van der Waals surface area contributed by atoms with Crippen molar-refractivity contribution in [2.45, 2.75) is 6.42 Å². The molecule has 0 saturated heterocycles. The van der Waals surface area contributed by atoms with Gasteiger partial charge in [-0.1, -0.05) is 48.5 Å². The number of nitrogens with one attached hydrogen (secondary N) is 1. The van der Waals surface area contributed by atoms with Crippen molar-refractivity contribution in [1.82, 2.24) is 9.97 Å². The first-order valence-electron chi connectivity index (χ1n) is 8.01. The Morgan fingerprint density at radius 3 is 2.64 bits per heavy atom. The minimum Gasteiger partial charge on any atom is -0.342 e. The summed E-state index contributed by atoms with van der Waals surface area (Å²) in [7, 11) is 0. The van der Waals surface area contributed by atoms with Gasteiger partial charge in [-0.05, 0) is 29.1 Å². The van der Waals surface area contributed by atoms with Gasteiger partial charge >= 0.3 is 0 Å². The number of nitrogens with zero attached hydrogens (tertiary/aromatic N) is 3. The number of benzene rings is 2. The highest BCUT2D eigenvalue weighted by atomic mass is 32.1. The molecule has 4 nitrogen and oxygen atoms in total. The number of para-hydroxylation sites is 2. The molecule has 0 aliphatic heterocycles. The lowest BCUT2D eigenvalue weighted by Crippen LogP contribution is -2.06. The molecule has 2 aromatic heterocycles. The number of hydrogen-bond donors (Lipinski definition) is 1. The van der Waals surface area contributed by atoms with Gasteiger partial charge < -0.3 is 4.98 Å². The molecule has 0 saturated carbocycles. The fourth-order valence-corrected chi connectivity index (χ4v) is 3.17. The smallest absolute Gasteiger partial charge is 0.113 e. The summed E-state index contributed by atoms with van der Waals surface area (Å²) in [5.74, 6) is 0.884. The average molecular weight is 344 g/mol. The summed E-state index contributed by atoms with van der Waals surface area (Å²) in [5.41, 5.74) is 3.93. The number of rotatable bonds is 5. The van der Waals surface area contributed by atoms with Gasteiger partial charge in [0.25, 0.3) is 0 Å². The van der Waals surface area contributed by atoms with Crippen LogP contribution in [0.15, 0.2) is 82.3 Å². The Morgan fingerprint density at radius 2 is 1.84 bits per heavy atom. The predicted molar refractivity (Wildman–Crippen MR) is 105 cm³/mol. The van der Waals surface area contributed by atoms with Gasteiger partial charge in [-0.3, -0.25) is 0 Å². The first-order chi connectivity index (χ1) is 12.4. The van der Waals surface area contributed by atoms with Gasteiger partial charge in [0.15, 0.2) is 0 Å². The van der Waals surface area contributed by atoms with Crippen LogP contribution in [0.1, 0.15) is 16.3 Å². The zero-order chi connectivity index (χ0) is 16.9. The highest BCUT2D eigenvalue weighted by molar-refractivity contribution is 7.11. The third-order valence-electron chi connectivity index (χ3n) is 3.79. The fraction of sp³-hybridized carbons (Fsp3) is 0.0500. The number of H-pyrrole nitrogens is 1. The highest BCUT2D eigenvalue weighted by Gasteiger charge is 2.09. The monoisotopic (exact) mass is 344 g/mol. The SMILES string of the molecule is C(=NN=C(Cc1nc2ccccc2[nH]1)c1ccccc1)c1cccs1. The maximum atomic E-state index is 4.65. The molecule has 0 radical (unpaired) electrons. The maximum absolute atomic E-state index is 4.65. The molecule has 0 fully saturated rings.